The molecule has 1 heterocycles. The molecule has 26 heavy (non-hydrogen) atoms. The van der Waals surface area contributed by atoms with Crippen molar-refractivity contribution in [3.05, 3.63) is 58.6 Å². The molecule has 3 rings (SSSR count). The summed E-state index contributed by atoms with van der Waals surface area (Å²) in [5.74, 6) is -0.591. The molecule has 0 radical (unpaired) electrons. The van der Waals surface area contributed by atoms with Crippen LogP contribution in [0.25, 0.3) is 0 Å². The predicted molar refractivity (Wildman–Crippen MR) is 107 cm³/mol. The van der Waals surface area contributed by atoms with Gasteiger partial charge >= 0.3 is 0 Å². The monoisotopic (exact) mass is 432 g/mol. The van der Waals surface area contributed by atoms with Gasteiger partial charge in [-0.3, -0.25) is 14.4 Å². The number of benzene rings is 2. The second-order valence-corrected chi connectivity index (χ2v) is 8.07. The molecule has 1 N–H and O–H groups in total. The van der Waals surface area contributed by atoms with E-state index in [1.807, 2.05) is 31.2 Å². The quantitative estimate of drug-likeness (QED) is 0.730. The molecule has 0 saturated carbocycles. The van der Waals surface area contributed by atoms with Crippen LogP contribution in [0.4, 0.5) is 11.4 Å². The number of thioether (sulfide) groups is 1. The molecule has 1 atom stereocenters. The van der Waals surface area contributed by atoms with E-state index in [2.05, 4.69) is 21.2 Å². The van der Waals surface area contributed by atoms with E-state index in [9.17, 15) is 14.4 Å². The Bertz CT molecular complexity index is 837. The number of hydrogen-bond acceptors (Lipinski definition) is 4. The van der Waals surface area contributed by atoms with Crippen LogP contribution in [0.15, 0.2) is 53.0 Å². The Labute approximate surface area is 164 Å². The van der Waals surface area contributed by atoms with Crippen LogP contribution >= 0.6 is 27.7 Å². The SMILES string of the molecule is Cc1ccc(NC(=O)CSC2CC(=O)N(c3ccc(Br)cc3)C2=O)cc1. The molecule has 0 aromatic heterocycles. The van der Waals surface area contributed by atoms with Crippen molar-refractivity contribution in [2.45, 2.75) is 18.6 Å². The van der Waals surface area contributed by atoms with E-state index in [-0.39, 0.29) is 29.9 Å². The lowest BCUT2D eigenvalue weighted by Gasteiger charge is -2.15. The lowest BCUT2D eigenvalue weighted by molar-refractivity contribution is -0.121. The normalized spacial score (nSPS) is 16.8. The highest BCUT2D eigenvalue weighted by atomic mass is 79.9. The molecule has 2 aromatic carbocycles. The fourth-order valence-electron chi connectivity index (χ4n) is 2.61. The highest BCUT2D eigenvalue weighted by molar-refractivity contribution is 9.10. The van der Waals surface area contributed by atoms with Gasteiger partial charge in [0.25, 0.3) is 0 Å². The standard InChI is InChI=1S/C19H17BrN2O3S/c1-12-2-6-14(7-3-12)21-17(23)11-26-16-10-18(24)22(19(16)25)15-8-4-13(20)5-9-15/h2-9,16H,10-11H2,1H3,(H,21,23). The number of carbonyl (C=O) groups is 3. The molecule has 3 amide bonds. The minimum absolute atomic E-state index is 0.109. The summed E-state index contributed by atoms with van der Waals surface area (Å²) >= 11 is 4.53. The lowest BCUT2D eigenvalue weighted by Crippen LogP contribution is -2.31. The van der Waals surface area contributed by atoms with E-state index in [0.29, 0.717) is 11.4 Å². The molecule has 0 spiro atoms. The van der Waals surface area contributed by atoms with Crippen molar-refractivity contribution < 1.29 is 14.4 Å². The fraction of sp³-hybridized carbons (Fsp3) is 0.211. The van der Waals surface area contributed by atoms with Gasteiger partial charge in [0.05, 0.1) is 16.7 Å². The van der Waals surface area contributed by atoms with Crippen molar-refractivity contribution in [2.24, 2.45) is 0 Å². The fourth-order valence-corrected chi connectivity index (χ4v) is 3.80. The molecule has 1 unspecified atom stereocenters. The van der Waals surface area contributed by atoms with Crippen LogP contribution in [0.2, 0.25) is 0 Å². The average molecular weight is 433 g/mol. The van der Waals surface area contributed by atoms with E-state index < -0.39 is 5.25 Å². The lowest BCUT2D eigenvalue weighted by atomic mass is 10.2. The molecular weight excluding hydrogens is 416 g/mol. The number of rotatable bonds is 5. The van der Waals surface area contributed by atoms with Gasteiger partial charge in [-0.25, -0.2) is 4.90 Å². The summed E-state index contributed by atoms with van der Waals surface area (Å²) in [5.41, 5.74) is 2.38. The molecular formula is C19H17BrN2O3S. The molecule has 5 nitrogen and oxygen atoms in total. The molecule has 2 aromatic rings. The third kappa shape index (κ3) is 4.34. The van der Waals surface area contributed by atoms with Gasteiger partial charge in [0.15, 0.2) is 0 Å². The Hall–Kier alpha value is -2.12. The van der Waals surface area contributed by atoms with Gasteiger partial charge in [0.1, 0.15) is 0 Å². The molecule has 1 fully saturated rings. The first-order valence-electron chi connectivity index (χ1n) is 8.04. The zero-order valence-corrected chi connectivity index (χ0v) is 16.5. The summed E-state index contributed by atoms with van der Waals surface area (Å²) in [7, 11) is 0. The van der Waals surface area contributed by atoms with Gasteiger partial charge in [0.2, 0.25) is 17.7 Å². The molecule has 0 bridgehead atoms. The second-order valence-electron chi connectivity index (χ2n) is 5.96. The van der Waals surface area contributed by atoms with Crippen LogP contribution in [-0.4, -0.2) is 28.7 Å². The van der Waals surface area contributed by atoms with Crippen molar-refractivity contribution in [1.29, 1.82) is 0 Å². The first-order valence-corrected chi connectivity index (χ1v) is 9.89. The maximum absolute atomic E-state index is 12.6. The molecule has 134 valence electrons. The maximum Gasteiger partial charge on any atom is 0.247 e. The number of aryl methyl sites for hydroxylation is 1. The van der Waals surface area contributed by atoms with E-state index >= 15 is 0 Å². The number of anilines is 2. The average Bonchev–Trinajstić information content (AvgIpc) is 2.90. The second kappa shape index (κ2) is 8.05. The number of nitrogens with one attached hydrogen (secondary N) is 1. The largest absolute Gasteiger partial charge is 0.325 e. The minimum atomic E-state index is -0.532. The Morgan fingerprint density at radius 3 is 2.46 bits per heavy atom. The van der Waals surface area contributed by atoms with Crippen molar-refractivity contribution in [3.63, 3.8) is 0 Å². The van der Waals surface area contributed by atoms with Crippen LogP contribution in [0, 0.1) is 6.92 Å². The zero-order valence-electron chi connectivity index (χ0n) is 14.1. The van der Waals surface area contributed by atoms with E-state index in [4.69, 9.17) is 0 Å². The topological polar surface area (TPSA) is 66.5 Å². The van der Waals surface area contributed by atoms with Gasteiger partial charge in [-0.1, -0.05) is 33.6 Å². The van der Waals surface area contributed by atoms with Crippen molar-refractivity contribution in [2.75, 3.05) is 16.0 Å². The Morgan fingerprint density at radius 1 is 1.15 bits per heavy atom. The first-order chi connectivity index (χ1) is 12.4. The van der Waals surface area contributed by atoms with Gasteiger partial charge in [-0.15, -0.1) is 11.8 Å². The molecule has 1 aliphatic heterocycles. The number of nitrogens with zero attached hydrogens (tertiary/aromatic N) is 1. The smallest absolute Gasteiger partial charge is 0.247 e. The van der Waals surface area contributed by atoms with Gasteiger partial charge < -0.3 is 5.32 Å². The van der Waals surface area contributed by atoms with Crippen LogP contribution < -0.4 is 10.2 Å². The third-order valence-corrected chi connectivity index (χ3v) is 5.67. The van der Waals surface area contributed by atoms with E-state index in [0.717, 1.165) is 10.0 Å². The Morgan fingerprint density at radius 2 is 1.81 bits per heavy atom. The highest BCUT2D eigenvalue weighted by Crippen LogP contribution is 2.30. The Kier molecular flexibility index (Phi) is 5.78. The third-order valence-electron chi connectivity index (χ3n) is 3.94. The first kappa shape index (κ1) is 18.7. The Balaban J connectivity index is 1.57. The number of amides is 3. The number of carbonyl (C=O) groups excluding carboxylic acids is 3. The summed E-state index contributed by atoms with van der Waals surface area (Å²) < 4.78 is 0.874. The van der Waals surface area contributed by atoms with Crippen molar-refractivity contribution in [1.82, 2.24) is 0 Å². The zero-order chi connectivity index (χ0) is 18.7. The number of hydrogen-bond donors (Lipinski definition) is 1. The van der Waals surface area contributed by atoms with Gasteiger partial charge in [-0.2, -0.15) is 0 Å². The van der Waals surface area contributed by atoms with E-state index in [1.165, 1.54) is 16.7 Å². The van der Waals surface area contributed by atoms with E-state index in [1.54, 1.807) is 24.3 Å². The van der Waals surface area contributed by atoms with Crippen molar-refractivity contribution >= 4 is 56.8 Å². The summed E-state index contributed by atoms with van der Waals surface area (Å²) in [5, 5.41) is 2.26. The number of imide groups is 1. The van der Waals surface area contributed by atoms with Gasteiger partial charge in [-0.05, 0) is 43.3 Å². The molecule has 1 saturated heterocycles. The van der Waals surface area contributed by atoms with Gasteiger partial charge in [0, 0.05) is 16.6 Å². The summed E-state index contributed by atoms with van der Waals surface area (Å²) in [4.78, 5) is 38.1. The molecule has 1 aliphatic rings. The van der Waals surface area contributed by atoms with Crippen LogP contribution in [0.5, 0.6) is 0 Å². The highest BCUT2D eigenvalue weighted by Gasteiger charge is 2.40. The summed E-state index contributed by atoms with van der Waals surface area (Å²) in [6.45, 7) is 1.97. The molecule has 7 heteroatoms. The van der Waals surface area contributed by atoms with Crippen LogP contribution in [-0.2, 0) is 14.4 Å². The summed E-state index contributed by atoms with van der Waals surface area (Å²) in [6, 6.07) is 14.5. The molecule has 0 aliphatic carbocycles. The minimum Gasteiger partial charge on any atom is -0.325 e. The number of halogens is 1. The van der Waals surface area contributed by atoms with Crippen LogP contribution in [0.1, 0.15) is 12.0 Å². The maximum atomic E-state index is 12.6. The van der Waals surface area contributed by atoms with Crippen LogP contribution in [0.3, 0.4) is 0 Å². The summed E-state index contributed by atoms with van der Waals surface area (Å²) in [6.07, 6.45) is 0.109. The predicted octanol–water partition coefficient (Wildman–Crippen LogP) is 3.76. The van der Waals surface area contributed by atoms with Crippen molar-refractivity contribution in [3.8, 4) is 0 Å².